The first kappa shape index (κ1) is 11.8. The summed E-state index contributed by atoms with van der Waals surface area (Å²) in [6.45, 7) is 6.68. The molecule has 0 aromatic carbocycles. The number of nitrogens with one attached hydrogen (secondary N) is 1. The van der Waals surface area contributed by atoms with Gasteiger partial charge in [-0.15, -0.1) is 11.3 Å². The Balaban J connectivity index is 1.73. The lowest BCUT2D eigenvalue weighted by Crippen LogP contribution is -2.25. The standard InChI is InChI=1S/C13H20N2S/c1-10-3-11(2)5-12(4-10)6-14-7-13-8-15-9-16-13/h3,8-10,12,14H,4-7H2,1-2H3. The molecule has 1 aliphatic rings. The predicted octanol–water partition coefficient (Wildman–Crippen LogP) is 3.23. The number of nitrogens with zero attached hydrogens (tertiary/aromatic N) is 1. The fraction of sp³-hybridized carbons (Fsp3) is 0.615. The zero-order valence-electron chi connectivity index (χ0n) is 10.1. The predicted molar refractivity (Wildman–Crippen MR) is 69.5 cm³/mol. The lowest BCUT2D eigenvalue weighted by Gasteiger charge is -2.25. The average molecular weight is 236 g/mol. The normalized spacial score (nSPS) is 25.5. The second kappa shape index (κ2) is 5.60. The van der Waals surface area contributed by atoms with Gasteiger partial charge in [0.1, 0.15) is 0 Å². The van der Waals surface area contributed by atoms with Gasteiger partial charge in [0.25, 0.3) is 0 Å². The first-order chi connectivity index (χ1) is 7.74. The Morgan fingerprint density at radius 3 is 3.12 bits per heavy atom. The topological polar surface area (TPSA) is 24.9 Å². The third-order valence-electron chi connectivity index (χ3n) is 3.10. The second-order valence-electron chi connectivity index (χ2n) is 4.89. The Morgan fingerprint density at radius 2 is 2.44 bits per heavy atom. The Morgan fingerprint density at radius 1 is 1.56 bits per heavy atom. The van der Waals surface area contributed by atoms with Crippen molar-refractivity contribution in [3.05, 3.63) is 28.2 Å². The van der Waals surface area contributed by atoms with E-state index in [0.717, 1.165) is 24.9 Å². The van der Waals surface area contributed by atoms with Crippen LogP contribution in [-0.2, 0) is 6.54 Å². The van der Waals surface area contributed by atoms with Crippen LogP contribution in [0.1, 0.15) is 31.6 Å². The van der Waals surface area contributed by atoms with E-state index in [9.17, 15) is 0 Å². The lowest BCUT2D eigenvalue weighted by atomic mass is 9.84. The molecule has 0 fully saturated rings. The number of thiazole rings is 1. The van der Waals surface area contributed by atoms with Crippen LogP contribution in [0.2, 0.25) is 0 Å². The molecule has 16 heavy (non-hydrogen) atoms. The molecule has 1 aromatic heterocycles. The van der Waals surface area contributed by atoms with Crippen molar-refractivity contribution in [3.63, 3.8) is 0 Å². The second-order valence-corrected chi connectivity index (χ2v) is 5.87. The molecule has 0 aliphatic heterocycles. The van der Waals surface area contributed by atoms with Crippen molar-refractivity contribution in [2.75, 3.05) is 6.54 Å². The van der Waals surface area contributed by atoms with Crippen molar-refractivity contribution in [1.82, 2.24) is 10.3 Å². The largest absolute Gasteiger partial charge is 0.312 e. The van der Waals surface area contributed by atoms with E-state index >= 15 is 0 Å². The van der Waals surface area contributed by atoms with Crippen molar-refractivity contribution in [2.45, 2.75) is 33.2 Å². The maximum Gasteiger partial charge on any atom is 0.0794 e. The highest BCUT2D eigenvalue weighted by Gasteiger charge is 2.17. The van der Waals surface area contributed by atoms with Gasteiger partial charge in [0.15, 0.2) is 0 Å². The summed E-state index contributed by atoms with van der Waals surface area (Å²) in [7, 11) is 0. The lowest BCUT2D eigenvalue weighted by molar-refractivity contribution is 0.381. The summed E-state index contributed by atoms with van der Waals surface area (Å²) in [5, 5.41) is 3.54. The molecular formula is C13H20N2S. The van der Waals surface area contributed by atoms with Crippen LogP contribution in [0.3, 0.4) is 0 Å². The van der Waals surface area contributed by atoms with Crippen LogP contribution in [0.5, 0.6) is 0 Å². The molecule has 0 saturated heterocycles. The van der Waals surface area contributed by atoms with Gasteiger partial charge in [0.2, 0.25) is 0 Å². The summed E-state index contributed by atoms with van der Waals surface area (Å²) in [5.41, 5.74) is 3.45. The van der Waals surface area contributed by atoms with Crippen molar-refractivity contribution in [3.8, 4) is 0 Å². The monoisotopic (exact) mass is 236 g/mol. The molecule has 3 heteroatoms. The van der Waals surface area contributed by atoms with Gasteiger partial charge in [0, 0.05) is 17.6 Å². The smallest absolute Gasteiger partial charge is 0.0794 e. The minimum atomic E-state index is 0.754. The van der Waals surface area contributed by atoms with Gasteiger partial charge in [-0.25, -0.2) is 0 Å². The zero-order chi connectivity index (χ0) is 11.4. The Hall–Kier alpha value is -0.670. The highest BCUT2D eigenvalue weighted by molar-refractivity contribution is 7.09. The van der Waals surface area contributed by atoms with E-state index in [2.05, 4.69) is 30.2 Å². The molecule has 1 aliphatic carbocycles. The minimum absolute atomic E-state index is 0.754. The van der Waals surface area contributed by atoms with Crippen LogP contribution in [0.4, 0.5) is 0 Å². The van der Waals surface area contributed by atoms with Gasteiger partial charge in [-0.3, -0.25) is 4.98 Å². The molecule has 0 spiro atoms. The number of allylic oxidation sites excluding steroid dienone is 2. The fourth-order valence-electron chi connectivity index (χ4n) is 2.57. The molecule has 0 amide bonds. The van der Waals surface area contributed by atoms with Crippen LogP contribution in [0, 0.1) is 11.8 Å². The molecule has 0 saturated carbocycles. The van der Waals surface area contributed by atoms with Gasteiger partial charge in [-0.1, -0.05) is 18.6 Å². The number of rotatable bonds is 4. The maximum absolute atomic E-state index is 4.08. The quantitative estimate of drug-likeness (QED) is 0.812. The van der Waals surface area contributed by atoms with Gasteiger partial charge in [-0.2, -0.15) is 0 Å². The Bertz CT molecular complexity index is 343. The highest BCUT2D eigenvalue weighted by atomic mass is 32.1. The van der Waals surface area contributed by atoms with E-state index in [1.807, 2.05) is 11.7 Å². The summed E-state index contributed by atoms with van der Waals surface area (Å²) >= 11 is 1.73. The summed E-state index contributed by atoms with van der Waals surface area (Å²) in [6, 6.07) is 0. The van der Waals surface area contributed by atoms with Gasteiger partial charge in [0.05, 0.1) is 5.51 Å². The number of hydrogen-bond donors (Lipinski definition) is 1. The Labute approximate surface area is 102 Å². The summed E-state index contributed by atoms with van der Waals surface area (Å²) in [5.74, 6) is 1.57. The van der Waals surface area contributed by atoms with Crippen molar-refractivity contribution in [1.29, 1.82) is 0 Å². The highest BCUT2D eigenvalue weighted by Crippen LogP contribution is 2.27. The molecule has 2 unspecified atom stereocenters. The van der Waals surface area contributed by atoms with E-state index in [0.29, 0.717) is 0 Å². The maximum atomic E-state index is 4.08. The number of hydrogen-bond acceptors (Lipinski definition) is 3. The van der Waals surface area contributed by atoms with Gasteiger partial charge < -0.3 is 5.32 Å². The van der Waals surface area contributed by atoms with Crippen LogP contribution in [0.15, 0.2) is 23.4 Å². The van der Waals surface area contributed by atoms with Crippen LogP contribution in [0.25, 0.3) is 0 Å². The van der Waals surface area contributed by atoms with Gasteiger partial charge >= 0.3 is 0 Å². The molecule has 1 N–H and O–H groups in total. The Kier molecular flexibility index (Phi) is 4.13. The van der Waals surface area contributed by atoms with Crippen LogP contribution >= 0.6 is 11.3 Å². The molecule has 1 heterocycles. The van der Waals surface area contributed by atoms with Crippen LogP contribution < -0.4 is 5.32 Å². The molecule has 1 aromatic rings. The van der Waals surface area contributed by atoms with Crippen LogP contribution in [-0.4, -0.2) is 11.5 Å². The number of aromatic nitrogens is 1. The summed E-state index contributed by atoms with van der Waals surface area (Å²) < 4.78 is 0. The molecule has 0 bridgehead atoms. The molecular weight excluding hydrogens is 216 g/mol. The third kappa shape index (κ3) is 3.42. The van der Waals surface area contributed by atoms with E-state index in [-0.39, 0.29) is 0 Å². The van der Waals surface area contributed by atoms with E-state index in [1.165, 1.54) is 17.7 Å². The van der Waals surface area contributed by atoms with Crippen molar-refractivity contribution < 1.29 is 0 Å². The summed E-state index contributed by atoms with van der Waals surface area (Å²) in [4.78, 5) is 5.41. The van der Waals surface area contributed by atoms with Crippen molar-refractivity contribution in [2.24, 2.45) is 11.8 Å². The van der Waals surface area contributed by atoms with E-state index < -0.39 is 0 Å². The zero-order valence-corrected chi connectivity index (χ0v) is 10.9. The molecule has 2 nitrogen and oxygen atoms in total. The van der Waals surface area contributed by atoms with E-state index in [4.69, 9.17) is 0 Å². The van der Waals surface area contributed by atoms with Crippen molar-refractivity contribution >= 4 is 11.3 Å². The first-order valence-corrected chi connectivity index (χ1v) is 6.87. The first-order valence-electron chi connectivity index (χ1n) is 5.99. The summed E-state index contributed by atoms with van der Waals surface area (Å²) in [6.07, 6.45) is 6.96. The van der Waals surface area contributed by atoms with Gasteiger partial charge in [-0.05, 0) is 38.1 Å². The average Bonchev–Trinajstić information content (AvgIpc) is 2.69. The molecule has 2 rings (SSSR count). The molecule has 0 radical (unpaired) electrons. The molecule has 2 atom stereocenters. The SMILES string of the molecule is CC1=CC(C)CC(CNCc2cncs2)C1. The fourth-order valence-corrected chi connectivity index (χ4v) is 3.13. The van der Waals surface area contributed by atoms with E-state index in [1.54, 1.807) is 16.9 Å². The minimum Gasteiger partial charge on any atom is -0.312 e. The third-order valence-corrected chi connectivity index (χ3v) is 3.88. The molecule has 88 valence electrons.